The second kappa shape index (κ2) is 4.94. The molecule has 0 aromatic heterocycles. The third-order valence-electron chi connectivity index (χ3n) is 1.45. The van der Waals surface area contributed by atoms with Gasteiger partial charge in [-0.05, 0) is 18.6 Å². The zero-order chi connectivity index (χ0) is 9.84. The second-order valence-corrected chi connectivity index (χ2v) is 3.71. The molecule has 0 heterocycles. The summed E-state index contributed by atoms with van der Waals surface area (Å²) in [7, 11) is 0. The van der Waals surface area contributed by atoms with Crippen LogP contribution in [0, 0.1) is 0 Å². The van der Waals surface area contributed by atoms with Crippen LogP contribution in [0.4, 0.5) is 0 Å². The van der Waals surface area contributed by atoms with Crippen LogP contribution in [0.5, 0.6) is 5.75 Å². The molecule has 0 spiro atoms. The molecule has 1 aromatic carbocycles. The normalized spacial score (nSPS) is 10.2. The van der Waals surface area contributed by atoms with Gasteiger partial charge >= 0.3 is 0 Å². The summed E-state index contributed by atoms with van der Waals surface area (Å²) in [5, 5.41) is 1.32. The van der Waals surface area contributed by atoms with Gasteiger partial charge in [0.15, 0.2) is 5.75 Å². The lowest BCUT2D eigenvalue weighted by molar-refractivity contribution is 0.318. The van der Waals surface area contributed by atoms with Gasteiger partial charge in [-0.25, -0.2) is 0 Å². The molecule has 0 aliphatic heterocycles. The van der Waals surface area contributed by atoms with Crippen LogP contribution in [0.25, 0.3) is 0 Å². The maximum absolute atomic E-state index is 5.89. The summed E-state index contributed by atoms with van der Waals surface area (Å²) in [5.41, 5.74) is 0. The van der Waals surface area contributed by atoms with Crippen molar-refractivity contribution in [3.63, 3.8) is 0 Å². The SMILES string of the molecule is CCCOc1c(Cl)ccc(Cl)c1Cl. The minimum Gasteiger partial charge on any atom is -0.490 e. The van der Waals surface area contributed by atoms with Crippen molar-refractivity contribution < 1.29 is 4.74 Å². The van der Waals surface area contributed by atoms with E-state index in [0.29, 0.717) is 27.4 Å². The fourth-order valence-corrected chi connectivity index (χ4v) is 1.47. The van der Waals surface area contributed by atoms with Crippen LogP contribution in [0.15, 0.2) is 12.1 Å². The lowest BCUT2D eigenvalue weighted by Gasteiger charge is -2.09. The van der Waals surface area contributed by atoms with Crippen LogP contribution in [-0.2, 0) is 0 Å². The molecule has 0 aliphatic rings. The molecule has 1 aromatic rings. The van der Waals surface area contributed by atoms with Crippen LogP contribution in [-0.4, -0.2) is 6.61 Å². The monoisotopic (exact) mass is 238 g/mol. The molecule has 1 nitrogen and oxygen atoms in total. The molecule has 0 atom stereocenters. The highest BCUT2D eigenvalue weighted by Crippen LogP contribution is 2.37. The van der Waals surface area contributed by atoms with Crippen molar-refractivity contribution in [2.75, 3.05) is 6.61 Å². The first-order valence-electron chi connectivity index (χ1n) is 3.93. The maximum atomic E-state index is 5.89. The van der Waals surface area contributed by atoms with Gasteiger partial charge in [0.05, 0.1) is 16.7 Å². The van der Waals surface area contributed by atoms with Crippen LogP contribution in [0.3, 0.4) is 0 Å². The van der Waals surface area contributed by atoms with Gasteiger partial charge in [-0.1, -0.05) is 41.7 Å². The van der Waals surface area contributed by atoms with Crippen LogP contribution < -0.4 is 4.74 Å². The van der Waals surface area contributed by atoms with Crippen LogP contribution in [0.1, 0.15) is 13.3 Å². The summed E-state index contributed by atoms with van der Waals surface area (Å²) in [6.07, 6.45) is 0.902. The first-order valence-corrected chi connectivity index (χ1v) is 5.06. The Bertz CT molecular complexity index is 299. The van der Waals surface area contributed by atoms with Crippen molar-refractivity contribution in [1.82, 2.24) is 0 Å². The summed E-state index contributed by atoms with van der Waals surface area (Å²) >= 11 is 17.6. The van der Waals surface area contributed by atoms with E-state index >= 15 is 0 Å². The summed E-state index contributed by atoms with van der Waals surface area (Å²) in [4.78, 5) is 0. The lowest BCUT2D eigenvalue weighted by Crippen LogP contribution is -1.96. The zero-order valence-corrected chi connectivity index (χ0v) is 9.38. The van der Waals surface area contributed by atoms with Crippen LogP contribution in [0.2, 0.25) is 15.1 Å². The molecule has 0 unspecified atom stereocenters. The Morgan fingerprint density at radius 2 is 1.77 bits per heavy atom. The first-order chi connectivity index (χ1) is 6.16. The highest BCUT2D eigenvalue weighted by Gasteiger charge is 2.09. The number of rotatable bonds is 3. The van der Waals surface area contributed by atoms with E-state index in [4.69, 9.17) is 39.5 Å². The van der Waals surface area contributed by atoms with E-state index in [9.17, 15) is 0 Å². The molecule has 0 saturated carbocycles. The fourth-order valence-electron chi connectivity index (χ4n) is 0.845. The number of halogens is 3. The number of ether oxygens (including phenoxy) is 1. The Morgan fingerprint density at radius 1 is 1.15 bits per heavy atom. The van der Waals surface area contributed by atoms with E-state index in [1.807, 2.05) is 6.92 Å². The van der Waals surface area contributed by atoms with Gasteiger partial charge < -0.3 is 4.74 Å². The molecule has 0 radical (unpaired) electrons. The van der Waals surface area contributed by atoms with Crippen molar-refractivity contribution in [3.8, 4) is 5.75 Å². The highest BCUT2D eigenvalue weighted by molar-refractivity contribution is 6.44. The van der Waals surface area contributed by atoms with E-state index in [0.717, 1.165) is 6.42 Å². The molecule has 1 rings (SSSR count). The van der Waals surface area contributed by atoms with Crippen molar-refractivity contribution in [2.24, 2.45) is 0 Å². The number of benzene rings is 1. The Hall–Kier alpha value is -0.110. The van der Waals surface area contributed by atoms with Crippen LogP contribution >= 0.6 is 34.8 Å². The Kier molecular flexibility index (Phi) is 4.17. The molecule has 0 fully saturated rings. The Labute approximate surface area is 92.5 Å². The summed E-state index contributed by atoms with van der Waals surface area (Å²) in [6, 6.07) is 3.31. The standard InChI is InChI=1S/C9H9Cl3O/c1-2-5-13-9-7(11)4-3-6(10)8(9)12/h3-4H,2,5H2,1H3. The van der Waals surface area contributed by atoms with Gasteiger partial charge in [-0.15, -0.1) is 0 Å². The van der Waals surface area contributed by atoms with Gasteiger partial charge in [0.1, 0.15) is 5.02 Å². The molecule has 0 aliphatic carbocycles. The predicted octanol–water partition coefficient (Wildman–Crippen LogP) is 4.44. The van der Waals surface area contributed by atoms with Gasteiger partial charge in [-0.3, -0.25) is 0 Å². The number of hydrogen-bond acceptors (Lipinski definition) is 1. The molecule has 4 heteroatoms. The average molecular weight is 240 g/mol. The summed E-state index contributed by atoms with van der Waals surface area (Å²) in [6.45, 7) is 2.59. The maximum Gasteiger partial charge on any atom is 0.157 e. The fraction of sp³-hybridized carbons (Fsp3) is 0.333. The molecule has 0 amide bonds. The molecule has 0 N–H and O–H groups in total. The zero-order valence-electron chi connectivity index (χ0n) is 7.11. The highest BCUT2D eigenvalue weighted by atomic mass is 35.5. The molecular formula is C9H9Cl3O. The van der Waals surface area contributed by atoms with E-state index in [2.05, 4.69) is 0 Å². The van der Waals surface area contributed by atoms with Gasteiger partial charge in [0.2, 0.25) is 0 Å². The van der Waals surface area contributed by atoms with E-state index in [1.165, 1.54) is 0 Å². The van der Waals surface area contributed by atoms with Gasteiger partial charge in [0, 0.05) is 0 Å². The summed E-state index contributed by atoms with van der Waals surface area (Å²) < 4.78 is 5.35. The predicted molar refractivity (Wildman–Crippen MR) is 57.3 cm³/mol. The molecule has 13 heavy (non-hydrogen) atoms. The van der Waals surface area contributed by atoms with Crippen molar-refractivity contribution >= 4 is 34.8 Å². The van der Waals surface area contributed by atoms with Crippen molar-refractivity contribution in [3.05, 3.63) is 27.2 Å². The number of hydrogen-bond donors (Lipinski definition) is 0. The quantitative estimate of drug-likeness (QED) is 0.709. The van der Waals surface area contributed by atoms with E-state index in [-0.39, 0.29) is 0 Å². The van der Waals surface area contributed by atoms with Gasteiger partial charge in [0.25, 0.3) is 0 Å². The first kappa shape index (κ1) is 11.0. The Balaban J connectivity index is 2.96. The average Bonchev–Trinajstić information content (AvgIpc) is 2.12. The van der Waals surface area contributed by atoms with E-state index in [1.54, 1.807) is 12.1 Å². The molecule has 72 valence electrons. The third kappa shape index (κ3) is 2.67. The second-order valence-electron chi connectivity index (χ2n) is 2.52. The molecular weight excluding hydrogens is 230 g/mol. The molecule has 0 saturated heterocycles. The van der Waals surface area contributed by atoms with Gasteiger partial charge in [-0.2, -0.15) is 0 Å². The molecule has 0 bridgehead atoms. The minimum absolute atomic E-state index is 0.377. The van der Waals surface area contributed by atoms with Crippen molar-refractivity contribution in [2.45, 2.75) is 13.3 Å². The summed E-state index contributed by atoms with van der Waals surface area (Å²) in [5.74, 6) is 0.470. The third-order valence-corrected chi connectivity index (χ3v) is 2.54. The lowest BCUT2D eigenvalue weighted by atomic mass is 10.3. The van der Waals surface area contributed by atoms with E-state index < -0.39 is 0 Å². The Morgan fingerprint density at radius 3 is 2.38 bits per heavy atom. The smallest absolute Gasteiger partial charge is 0.157 e. The van der Waals surface area contributed by atoms with Crippen molar-refractivity contribution in [1.29, 1.82) is 0 Å². The topological polar surface area (TPSA) is 9.23 Å². The largest absolute Gasteiger partial charge is 0.490 e. The minimum atomic E-state index is 0.377.